The predicted octanol–water partition coefficient (Wildman–Crippen LogP) is -0.963. The number of hydrogen-bond acceptors (Lipinski definition) is 5. The Hall–Kier alpha value is -2.74. The summed E-state index contributed by atoms with van der Waals surface area (Å²) >= 11 is 0. The zero-order chi connectivity index (χ0) is 16.0. The molecule has 2 atom stereocenters. The van der Waals surface area contributed by atoms with Crippen molar-refractivity contribution in [3.05, 3.63) is 35.5 Å². The predicted molar refractivity (Wildman–Crippen MR) is 72.9 cm³/mol. The number of rotatable bonds is 1. The maximum absolute atomic E-state index is 12.5. The van der Waals surface area contributed by atoms with Crippen LogP contribution in [0.15, 0.2) is 35.5 Å². The molecule has 2 saturated heterocycles. The molecule has 3 aliphatic rings. The highest BCUT2D eigenvalue weighted by atomic mass is 16.3. The third-order valence-electron chi connectivity index (χ3n) is 3.78. The first kappa shape index (κ1) is 14.2. The number of carbonyl (C=O) groups is 4. The number of allylic oxidation sites excluding steroid dienone is 4. The Labute approximate surface area is 125 Å². The molecular formula is C14H13N3O5. The van der Waals surface area contributed by atoms with Crippen LogP contribution in [-0.2, 0) is 14.4 Å². The van der Waals surface area contributed by atoms with Gasteiger partial charge in [-0.15, -0.1) is 0 Å². The topological polar surface area (TPSA) is 107 Å². The molecule has 0 spiro atoms. The lowest BCUT2D eigenvalue weighted by Gasteiger charge is -2.36. The fraction of sp³-hybridized carbons (Fsp3) is 0.286. The molecular weight excluding hydrogens is 290 g/mol. The fourth-order valence-corrected chi connectivity index (χ4v) is 2.61. The molecule has 0 saturated carbocycles. The van der Waals surface area contributed by atoms with Crippen LogP contribution >= 0.6 is 0 Å². The fourth-order valence-electron chi connectivity index (χ4n) is 2.61. The number of hydrogen-bond donors (Lipinski definition) is 2. The monoisotopic (exact) mass is 303 g/mol. The third kappa shape index (κ3) is 1.88. The van der Waals surface area contributed by atoms with E-state index in [0.717, 1.165) is 4.90 Å². The van der Waals surface area contributed by atoms with Gasteiger partial charge in [-0.1, -0.05) is 18.2 Å². The van der Waals surface area contributed by atoms with Gasteiger partial charge in [0.25, 0.3) is 17.7 Å². The Morgan fingerprint density at radius 3 is 2.59 bits per heavy atom. The Morgan fingerprint density at radius 2 is 1.86 bits per heavy atom. The van der Waals surface area contributed by atoms with Gasteiger partial charge in [0, 0.05) is 12.6 Å². The van der Waals surface area contributed by atoms with Crippen molar-refractivity contribution in [2.45, 2.75) is 18.7 Å². The lowest BCUT2D eigenvalue weighted by Crippen LogP contribution is -2.67. The van der Waals surface area contributed by atoms with Crippen molar-refractivity contribution in [3.8, 4) is 0 Å². The molecule has 2 fully saturated rings. The number of aliphatic hydroxyl groups is 1. The minimum Gasteiger partial charge on any atom is -0.371 e. The lowest BCUT2D eigenvalue weighted by molar-refractivity contribution is -0.155. The Morgan fingerprint density at radius 1 is 1.18 bits per heavy atom. The van der Waals surface area contributed by atoms with Crippen molar-refractivity contribution in [3.63, 3.8) is 0 Å². The molecule has 2 unspecified atom stereocenters. The molecule has 0 aromatic heterocycles. The Bertz CT molecular complexity index is 691. The summed E-state index contributed by atoms with van der Waals surface area (Å²) in [5.74, 6) is -2.13. The maximum Gasteiger partial charge on any atom is 0.325 e. The second-order valence-electron chi connectivity index (χ2n) is 5.08. The summed E-state index contributed by atoms with van der Waals surface area (Å²) < 4.78 is 0. The van der Waals surface area contributed by atoms with Crippen LogP contribution in [0.25, 0.3) is 0 Å². The number of amides is 5. The first-order valence-corrected chi connectivity index (χ1v) is 6.65. The SMILES string of the molecule is CN1C(=O)NC(O)C(N2C(=O)C3=CC=CCC=C3C2=O)C1=O. The summed E-state index contributed by atoms with van der Waals surface area (Å²) in [5, 5.41) is 12.1. The van der Waals surface area contributed by atoms with E-state index in [1.54, 1.807) is 18.2 Å². The molecule has 5 amide bonds. The highest BCUT2D eigenvalue weighted by molar-refractivity contribution is 6.26. The number of urea groups is 1. The molecule has 2 N–H and O–H groups in total. The summed E-state index contributed by atoms with van der Waals surface area (Å²) in [5.41, 5.74) is 0.382. The van der Waals surface area contributed by atoms with Crippen LogP contribution in [-0.4, -0.2) is 58.0 Å². The van der Waals surface area contributed by atoms with Crippen LogP contribution in [0.2, 0.25) is 0 Å². The standard InChI is InChI=1S/C14H13N3O5/c1-16-13(21)9(10(18)15-14(16)22)17-11(19)7-5-3-2-4-6-8(7)12(17)20/h2-3,5-6,9-10,18H,4H2,1H3,(H,15,22). The minimum atomic E-state index is -1.64. The number of imide groups is 2. The van der Waals surface area contributed by atoms with E-state index in [4.69, 9.17) is 0 Å². The molecule has 0 aromatic rings. The van der Waals surface area contributed by atoms with E-state index in [9.17, 15) is 24.3 Å². The van der Waals surface area contributed by atoms with E-state index in [-0.39, 0.29) is 11.1 Å². The van der Waals surface area contributed by atoms with Gasteiger partial charge >= 0.3 is 6.03 Å². The van der Waals surface area contributed by atoms with Crippen molar-refractivity contribution in [1.82, 2.24) is 15.1 Å². The minimum absolute atomic E-state index is 0.179. The molecule has 8 heteroatoms. The molecule has 8 nitrogen and oxygen atoms in total. The van der Waals surface area contributed by atoms with Crippen LogP contribution < -0.4 is 5.32 Å². The number of nitrogens with one attached hydrogen (secondary N) is 1. The van der Waals surface area contributed by atoms with Crippen molar-refractivity contribution >= 4 is 23.8 Å². The number of likely N-dealkylation sites (tertiary alicyclic amines) is 1. The van der Waals surface area contributed by atoms with Gasteiger partial charge < -0.3 is 10.4 Å². The first-order chi connectivity index (χ1) is 10.4. The molecule has 2 aliphatic heterocycles. The molecule has 22 heavy (non-hydrogen) atoms. The molecule has 0 aromatic carbocycles. The van der Waals surface area contributed by atoms with Crippen molar-refractivity contribution in [2.24, 2.45) is 0 Å². The van der Waals surface area contributed by atoms with Gasteiger partial charge in [0.1, 0.15) is 0 Å². The van der Waals surface area contributed by atoms with E-state index < -0.39 is 36.0 Å². The van der Waals surface area contributed by atoms with E-state index in [1.165, 1.54) is 13.1 Å². The summed E-state index contributed by atoms with van der Waals surface area (Å²) in [6.07, 6.45) is 5.39. The summed E-state index contributed by atoms with van der Waals surface area (Å²) in [6.45, 7) is 0. The zero-order valence-electron chi connectivity index (χ0n) is 11.6. The van der Waals surface area contributed by atoms with E-state index in [1.807, 2.05) is 0 Å². The van der Waals surface area contributed by atoms with Crippen LogP contribution in [0.1, 0.15) is 6.42 Å². The van der Waals surface area contributed by atoms with Crippen molar-refractivity contribution in [1.29, 1.82) is 0 Å². The van der Waals surface area contributed by atoms with Gasteiger partial charge in [0.2, 0.25) is 0 Å². The zero-order valence-corrected chi connectivity index (χ0v) is 11.6. The van der Waals surface area contributed by atoms with Gasteiger partial charge in [-0.25, -0.2) is 4.79 Å². The Balaban J connectivity index is 2.02. The van der Waals surface area contributed by atoms with E-state index in [2.05, 4.69) is 5.32 Å². The average molecular weight is 303 g/mol. The van der Waals surface area contributed by atoms with Crippen molar-refractivity contribution in [2.75, 3.05) is 7.05 Å². The highest BCUT2D eigenvalue weighted by Gasteiger charge is 2.51. The van der Waals surface area contributed by atoms with Crippen LogP contribution in [0.5, 0.6) is 0 Å². The van der Waals surface area contributed by atoms with Gasteiger partial charge in [-0.3, -0.25) is 24.2 Å². The Kier molecular flexibility index (Phi) is 3.18. The number of carbonyl (C=O) groups excluding carboxylic acids is 4. The van der Waals surface area contributed by atoms with Gasteiger partial charge in [0.15, 0.2) is 12.3 Å². The summed E-state index contributed by atoms with van der Waals surface area (Å²) in [4.78, 5) is 50.0. The average Bonchev–Trinajstić information content (AvgIpc) is 2.67. The van der Waals surface area contributed by atoms with Gasteiger partial charge in [-0.2, -0.15) is 0 Å². The number of fused-ring (bicyclic) bond motifs is 1. The van der Waals surface area contributed by atoms with E-state index in [0.29, 0.717) is 11.3 Å². The molecule has 1 aliphatic carbocycles. The second-order valence-corrected chi connectivity index (χ2v) is 5.08. The molecule has 3 rings (SSSR count). The number of nitrogens with zero attached hydrogens (tertiary/aromatic N) is 2. The molecule has 114 valence electrons. The normalized spacial score (nSPS) is 28.3. The summed E-state index contributed by atoms with van der Waals surface area (Å²) in [7, 11) is 1.21. The third-order valence-corrected chi connectivity index (χ3v) is 3.78. The molecule has 2 heterocycles. The maximum atomic E-state index is 12.5. The number of aliphatic hydroxyl groups excluding tert-OH is 1. The number of likely N-dealkylation sites (N-methyl/N-ethyl adjacent to an activating group) is 1. The lowest BCUT2D eigenvalue weighted by atomic mass is 10.1. The second kappa shape index (κ2) is 4.92. The first-order valence-electron chi connectivity index (χ1n) is 6.65. The van der Waals surface area contributed by atoms with Crippen molar-refractivity contribution < 1.29 is 24.3 Å². The van der Waals surface area contributed by atoms with Gasteiger partial charge in [-0.05, 0) is 12.5 Å². The largest absolute Gasteiger partial charge is 0.371 e. The summed E-state index contributed by atoms with van der Waals surface area (Å²) in [6, 6.07) is -2.26. The quantitative estimate of drug-likeness (QED) is 0.607. The van der Waals surface area contributed by atoms with E-state index >= 15 is 0 Å². The van der Waals surface area contributed by atoms with Gasteiger partial charge in [0.05, 0.1) is 5.57 Å². The van der Waals surface area contributed by atoms with Crippen LogP contribution in [0.4, 0.5) is 4.79 Å². The smallest absolute Gasteiger partial charge is 0.325 e. The molecule has 0 bridgehead atoms. The highest BCUT2D eigenvalue weighted by Crippen LogP contribution is 2.30. The van der Waals surface area contributed by atoms with Crippen LogP contribution in [0, 0.1) is 0 Å². The molecule has 0 radical (unpaired) electrons. The van der Waals surface area contributed by atoms with Crippen LogP contribution in [0.3, 0.4) is 0 Å².